The SMILES string of the molecule is O=c1[nH]nc(Cc2ccccc2)n1/N=C\C=C\c1ccccc1. The fourth-order valence-corrected chi connectivity index (χ4v) is 2.16. The van der Waals surface area contributed by atoms with E-state index in [9.17, 15) is 4.79 Å². The molecule has 3 aromatic rings. The van der Waals surface area contributed by atoms with Crippen LogP contribution in [-0.4, -0.2) is 21.1 Å². The quantitative estimate of drug-likeness (QED) is 0.737. The summed E-state index contributed by atoms with van der Waals surface area (Å²) in [6.07, 6.45) is 5.84. The number of aromatic amines is 1. The first kappa shape index (κ1) is 14.7. The third-order valence-corrected chi connectivity index (χ3v) is 3.28. The zero-order valence-corrected chi connectivity index (χ0v) is 12.5. The Morgan fingerprint density at radius 3 is 2.48 bits per heavy atom. The Hall–Kier alpha value is -3.21. The second kappa shape index (κ2) is 7.17. The summed E-state index contributed by atoms with van der Waals surface area (Å²) in [4.78, 5) is 11.8. The maximum Gasteiger partial charge on any atom is 0.364 e. The number of nitrogens with one attached hydrogen (secondary N) is 1. The van der Waals surface area contributed by atoms with Gasteiger partial charge in [-0.25, -0.2) is 9.89 Å². The first-order valence-electron chi connectivity index (χ1n) is 7.29. The second-order valence-corrected chi connectivity index (χ2v) is 4.95. The smallest absolute Gasteiger partial charge is 0.244 e. The van der Waals surface area contributed by atoms with Gasteiger partial charge in [0, 0.05) is 12.6 Å². The van der Waals surface area contributed by atoms with E-state index < -0.39 is 0 Å². The summed E-state index contributed by atoms with van der Waals surface area (Å²) in [6, 6.07) is 19.7. The summed E-state index contributed by atoms with van der Waals surface area (Å²) in [5.74, 6) is 0.575. The molecule has 0 amide bonds. The van der Waals surface area contributed by atoms with E-state index in [0.717, 1.165) is 11.1 Å². The van der Waals surface area contributed by atoms with E-state index in [2.05, 4.69) is 15.3 Å². The monoisotopic (exact) mass is 304 g/mol. The molecule has 0 aliphatic carbocycles. The van der Waals surface area contributed by atoms with E-state index in [1.54, 1.807) is 12.3 Å². The molecule has 0 unspecified atom stereocenters. The van der Waals surface area contributed by atoms with Crippen molar-refractivity contribution in [2.45, 2.75) is 6.42 Å². The fraction of sp³-hybridized carbons (Fsp3) is 0.0556. The van der Waals surface area contributed by atoms with Gasteiger partial charge in [0.05, 0.1) is 0 Å². The second-order valence-electron chi connectivity index (χ2n) is 4.95. The van der Waals surface area contributed by atoms with Crippen LogP contribution in [0.2, 0.25) is 0 Å². The van der Waals surface area contributed by atoms with Crippen LogP contribution in [-0.2, 0) is 6.42 Å². The maximum atomic E-state index is 11.8. The van der Waals surface area contributed by atoms with Crippen molar-refractivity contribution in [3.63, 3.8) is 0 Å². The molecule has 114 valence electrons. The topological polar surface area (TPSA) is 63.0 Å². The molecule has 5 heteroatoms. The van der Waals surface area contributed by atoms with Crippen LogP contribution in [0.5, 0.6) is 0 Å². The van der Waals surface area contributed by atoms with Crippen molar-refractivity contribution in [3.05, 3.63) is 94.2 Å². The van der Waals surface area contributed by atoms with Gasteiger partial charge >= 0.3 is 5.69 Å². The van der Waals surface area contributed by atoms with Gasteiger partial charge in [-0.1, -0.05) is 66.7 Å². The Balaban J connectivity index is 1.75. The third-order valence-electron chi connectivity index (χ3n) is 3.28. The number of hydrogen-bond donors (Lipinski definition) is 1. The summed E-state index contributed by atoms with van der Waals surface area (Å²) >= 11 is 0. The number of hydrogen-bond acceptors (Lipinski definition) is 3. The van der Waals surface area contributed by atoms with Gasteiger partial charge in [-0.15, -0.1) is 0 Å². The summed E-state index contributed by atoms with van der Waals surface area (Å²) < 4.78 is 1.28. The minimum absolute atomic E-state index is 0.347. The standard InChI is InChI=1S/C18H16N4O/c23-18-21-20-17(14-16-10-5-2-6-11-16)22(18)19-13-7-12-15-8-3-1-4-9-15/h1-13H,14H2,(H,21,23)/b12-7+,19-13-. The van der Waals surface area contributed by atoms with Crippen molar-refractivity contribution in [2.24, 2.45) is 5.10 Å². The highest BCUT2D eigenvalue weighted by Crippen LogP contribution is 2.05. The van der Waals surface area contributed by atoms with Crippen LogP contribution in [0.1, 0.15) is 17.0 Å². The molecule has 0 aliphatic heterocycles. The van der Waals surface area contributed by atoms with Gasteiger partial charge in [-0.05, 0) is 17.2 Å². The molecule has 0 bridgehead atoms. The molecule has 23 heavy (non-hydrogen) atoms. The van der Waals surface area contributed by atoms with Gasteiger partial charge in [0.15, 0.2) is 5.82 Å². The predicted molar refractivity (Wildman–Crippen MR) is 91.5 cm³/mol. The van der Waals surface area contributed by atoms with Crippen LogP contribution in [0.3, 0.4) is 0 Å². The van der Waals surface area contributed by atoms with Gasteiger partial charge in [0.25, 0.3) is 0 Å². The minimum Gasteiger partial charge on any atom is -0.244 e. The number of aromatic nitrogens is 3. The Labute approximate surface area is 133 Å². The van der Waals surface area contributed by atoms with Crippen molar-refractivity contribution in [2.75, 3.05) is 0 Å². The molecule has 3 rings (SSSR count). The normalized spacial score (nSPS) is 11.5. The minimum atomic E-state index is -0.347. The molecule has 1 aromatic heterocycles. The van der Waals surface area contributed by atoms with E-state index in [1.165, 1.54) is 4.68 Å². The molecule has 0 fully saturated rings. The third kappa shape index (κ3) is 3.91. The van der Waals surface area contributed by atoms with Crippen molar-refractivity contribution >= 4 is 12.3 Å². The average Bonchev–Trinajstić information content (AvgIpc) is 2.94. The lowest BCUT2D eigenvalue weighted by atomic mass is 10.1. The van der Waals surface area contributed by atoms with Crippen LogP contribution in [0.4, 0.5) is 0 Å². The fourth-order valence-electron chi connectivity index (χ4n) is 2.16. The van der Waals surface area contributed by atoms with Gasteiger partial charge < -0.3 is 0 Å². The van der Waals surface area contributed by atoms with E-state index in [1.807, 2.05) is 66.7 Å². The molecule has 0 saturated carbocycles. The summed E-state index contributed by atoms with van der Waals surface area (Å²) in [7, 11) is 0. The Bertz CT molecular complexity index is 861. The highest BCUT2D eigenvalue weighted by molar-refractivity contribution is 5.78. The van der Waals surface area contributed by atoms with Gasteiger partial charge in [0.1, 0.15) is 0 Å². The zero-order chi connectivity index (χ0) is 15.9. The van der Waals surface area contributed by atoms with Gasteiger partial charge in [0.2, 0.25) is 0 Å². The van der Waals surface area contributed by atoms with Crippen LogP contribution in [0.25, 0.3) is 6.08 Å². The van der Waals surface area contributed by atoms with Crippen molar-refractivity contribution in [3.8, 4) is 0 Å². The number of benzene rings is 2. The van der Waals surface area contributed by atoms with E-state index in [0.29, 0.717) is 12.2 Å². The number of nitrogens with zero attached hydrogens (tertiary/aromatic N) is 3. The molecule has 1 N–H and O–H groups in total. The summed E-state index contributed by atoms with van der Waals surface area (Å²) in [5, 5.41) is 10.6. The van der Waals surface area contributed by atoms with E-state index in [-0.39, 0.29) is 5.69 Å². The molecular weight excluding hydrogens is 288 g/mol. The number of rotatable bonds is 5. The Morgan fingerprint density at radius 1 is 1.04 bits per heavy atom. The molecule has 0 aliphatic rings. The van der Waals surface area contributed by atoms with Crippen molar-refractivity contribution in [1.29, 1.82) is 0 Å². The predicted octanol–water partition coefficient (Wildman–Crippen LogP) is 2.71. The Kier molecular flexibility index (Phi) is 4.59. The van der Waals surface area contributed by atoms with Crippen molar-refractivity contribution < 1.29 is 0 Å². The highest BCUT2D eigenvalue weighted by atomic mass is 16.2. The maximum absolute atomic E-state index is 11.8. The first-order chi connectivity index (χ1) is 11.3. The lowest BCUT2D eigenvalue weighted by Gasteiger charge is -1.99. The molecule has 1 heterocycles. The molecule has 5 nitrogen and oxygen atoms in total. The van der Waals surface area contributed by atoms with E-state index >= 15 is 0 Å². The number of allylic oxidation sites excluding steroid dienone is 1. The largest absolute Gasteiger partial charge is 0.364 e. The molecule has 0 saturated heterocycles. The number of H-pyrrole nitrogens is 1. The van der Waals surface area contributed by atoms with Crippen LogP contribution in [0.15, 0.2) is 76.6 Å². The first-order valence-corrected chi connectivity index (χ1v) is 7.29. The lowest BCUT2D eigenvalue weighted by Crippen LogP contribution is -2.14. The van der Waals surface area contributed by atoms with E-state index in [4.69, 9.17) is 0 Å². The van der Waals surface area contributed by atoms with Gasteiger partial charge in [-0.2, -0.15) is 14.9 Å². The lowest BCUT2D eigenvalue weighted by molar-refractivity contribution is 0.776. The van der Waals surface area contributed by atoms with Crippen molar-refractivity contribution in [1.82, 2.24) is 14.9 Å². The van der Waals surface area contributed by atoms with Crippen LogP contribution >= 0.6 is 0 Å². The molecule has 2 aromatic carbocycles. The Morgan fingerprint density at radius 2 is 1.74 bits per heavy atom. The summed E-state index contributed by atoms with van der Waals surface area (Å²) in [5.41, 5.74) is 1.80. The van der Waals surface area contributed by atoms with Crippen LogP contribution in [0, 0.1) is 0 Å². The molecule has 0 radical (unpaired) electrons. The average molecular weight is 304 g/mol. The van der Waals surface area contributed by atoms with Gasteiger partial charge in [-0.3, -0.25) is 0 Å². The molecular formula is C18H16N4O. The van der Waals surface area contributed by atoms with Crippen LogP contribution < -0.4 is 5.69 Å². The highest BCUT2D eigenvalue weighted by Gasteiger charge is 2.07. The molecule has 0 atom stereocenters. The summed E-state index contributed by atoms with van der Waals surface area (Å²) in [6.45, 7) is 0. The molecule has 0 spiro atoms. The zero-order valence-electron chi connectivity index (χ0n) is 12.5.